The molecule has 1 heterocycles. The molecule has 0 fully saturated rings. The highest BCUT2D eigenvalue weighted by molar-refractivity contribution is 5.73. The predicted molar refractivity (Wildman–Crippen MR) is 105 cm³/mol. The topological polar surface area (TPSA) is 54.0 Å². The van der Waals surface area contributed by atoms with Gasteiger partial charge in [-0.2, -0.15) is 0 Å². The molecule has 1 aliphatic rings. The van der Waals surface area contributed by atoms with Gasteiger partial charge in [0.15, 0.2) is 11.5 Å². The quantitative estimate of drug-likeness (QED) is 0.851. The Kier molecular flexibility index (Phi) is 6.19. The highest BCUT2D eigenvalue weighted by Crippen LogP contribution is 2.31. The SMILES string of the molecule is CN(C)Cc1ccc(CNC(=O)N(C)Cc2ccc3c(c2)OCCO3)cc1. The van der Waals surface area contributed by atoms with Crippen LogP contribution in [-0.4, -0.2) is 50.2 Å². The van der Waals surface area contributed by atoms with E-state index in [0.717, 1.165) is 29.2 Å². The van der Waals surface area contributed by atoms with E-state index in [1.807, 2.05) is 32.3 Å². The first-order valence-corrected chi connectivity index (χ1v) is 9.11. The minimum atomic E-state index is -0.109. The van der Waals surface area contributed by atoms with Gasteiger partial charge in [-0.1, -0.05) is 30.3 Å². The lowest BCUT2D eigenvalue weighted by atomic mass is 10.1. The third-order valence-electron chi connectivity index (χ3n) is 4.34. The maximum atomic E-state index is 12.4. The normalized spacial score (nSPS) is 12.7. The first-order chi connectivity index (χ1) is 13.0. The lowest BCUT2D eigenvalue weighted by molar-refractivity contribution is 0.171. The predicted octanol–water partition coefficient (Wildman–Crippen LogP) is 2.86. The van der Waals surface area contributed by atoms with Crippen molar-refractivity contribution in [2.75, 3.05) is 34.4 Å². The Hall–Kier alpha value is -2.73. The fourth-order valence-corrected chi connectivity index (χ4v) is 2.97. The molecular formula is C21H27N3O3. The molecule has 0 spiro atoms. The Balaban J connectivity index is 1.50. The van der Waals surface area contributed by atoms with E-state index in [9.17, 15) is 4.79 Å². The second kappa shape index (κ2) is 8.77. The number of carbonyl (C=O) groups excluding carboxylic acids is 1. The van der Waals surface area contributed by atoms with Crippen LogP contribution in [0.1, 0.15) is 16.7 Å². The number of nitrogens with zero attached hydrogens (tertiary/aromatic N) is 2. The van der Waals surface area contributed by atoms with E-state index in [0.29, 0.717) is 26.3 Å². The molecule has 0 aromatic heterocycles. The van der Waals surface area contributed by atoms with Gasteiger partial charge in [0.25, 0.3) is 0 Å². The average molecular weight is 369 g/mol. The summed E-state index contributed by atoms with van der Waals surface area (Å²) in [6.45, 7) is 3.05. The van der Waals surface area contributed by atoms with Crippen molar-refractivity contribution < 1.29 is 14.3 Å². The Morgan fingerprint density at radius 2 is 1.52 bits per heavy atom. The Labute approximate surface area is 160 Å². The van der Waals surface area contributed by atoms with Crippen LogP contribution in [0.25, 0.3) is 0 Å². The summed E-state index contributed by atoms with van der Waals surface area (Å²) in [6.07, 6.45) is 0. The molecule has 0 radical (unpaired) electrons. The largest absolute Gasteiger partial charge is 0.486 e. The number of hydrogen-bond donors (Lipinski definition) is 1. The van der Waals surface area contributed by atoms with Crippen LogP contribution in [0.2, 0.25) is 0 Å². The zero-order valence-corrected chi connectivity index (χ0v) is 16.2. The van der Waals surface area contributed by atoms with Crippen LogP contribution in [0, 0.1) is 0 Å². The fourth-order valence-electron chi connectivity index (χ4n) is 2.97. The van der Waals surface area contributed by atoms with E-state index in [-0.39, 0.29) is 6.03 Å². The van der Waals surface area contributed by atoms with E-state index in [2.05, 4.69) is 34.5 Å². The summed E-state index contributed by atoms with van der Waals surface area (Å²) < 4.78 is 11.1. The summed E-state index contributed by atoms with van der Waals surface area (Å²) in [5.74, 6) is 1.50. The number of benzene rings is 2. The van der Waals surface area contributed by atoms with Gasteiger partial charge in [0.1, 0.15) is 13.2 Å². The summed E-state index contributed by atoms with van der Waals surface area (Å²) in [7, 11) is 5.88. The van der Waals surface area contributed by atoms with Crippen molar-refractivity contribution in [3.05, 3.63) is 59.2 Å². The van der Waals surface area contributed by atoms with Gasteiger partial charge in [0, 0.05) is 26.7 Å². The Morgan fingerprint density at radius 3 is 2.22 bits per heavy atom. The number of nitrogens with one attached hydrogen (secondary N) is 1. The van der Waals surface area contributed by atoms with Crippen molar-refractivity contribution in [2.45, 2.75) is 19.6 Å². The number of fused-ring (bicyclic) bond motifs is 1. The van der Waals surface area contributed by atoms with Gasteiger partial charge >= 0.3 is 6.03 Å². The summed E-state index contributed by atoms with van der Waals surface area (Å²) in [5.41, 5.74) is 3.34. The molecule has 27 heavy (non-hydrogen) atoms. The number of rotatable bonds is 6. The van der Waals surface area contributed by atoms with Crippen LogP contribution in [-0.2, 0) is 19.6 Å². The molecule has 1 aliphatic heterocycles. The van der Waals surface area contributed by atoms with Crippen LogP contribution < -0.4 is 14.8 Å². The van der Waals surface area contributed by atoms with Crippen LogP contribution >= 0.6 is 0 Å². The lowest BCUT2D eigenvalue weighted by Gasteiger charge is -2.21. The maximum absolute atomic E-state index is 12.4. The molecule has 0 aliphatic carbocycles. The molecule has 2 aromatic rings. The van der Waals surface area contributed by atoms with Gasteiger partial charge in [0.2, 0.25) is 0 Å². The van der Waals surface area contributed by atoms with E-state index >= 15 is 0 Å². The lowest BCUT2D eigenvalue weighted by Crippen LogP contribution is -2.36. The van der Waals surface area contributed by atoms with Gasteiger partial charge in [-0.15, -0.1) is 0 Å². The van der Waals surface area contributed by atoms with E-state index in [1.54, 1.807) is 11.9 Å². The van der Waals surface area contributed by atoms with Gasteiger partial charge in [-0.25, -0.2) is 4.79 Å². The third kappa shape index (κ3) is 5.37. The average Bonchev–Trinajstić information content (AvgIpc) is 2.66. The number of carbonyl (C=O) groups is 1. The molecule has 0 unspecified atom stereocenters. The number of ether oxygens (including phenoxy) is 2. The number of amides is 2. The number of urea groups is 1. The first-order valence-electron chi connectivity index (χ1n) is 9.11. The summed E-state index contributed by atoms with van der Waals surface area (Å²) >= 11 is 0. The molecular weight excluding hydrogens is 342 g/mol. The van der Waals surface area contributed by atoms with Gasteiger partial charge in [0.05, 0.1) is 0 Å². The van der Waals surface area contributed by atoms with Crippen molar-refractivity contribution in [2.24, 2.45) is 0 Å². The molecule has 0 bridgehead atoms. The minimum Gasteiger partial charge on any atom is -0.486 e. The zero-order valence-electron chi connectivity index (χ0n) is 16.2. The first kappa shape index (κ1) is 19.0. The van der Waals surface area contributed by atoms with E-state index < -0.39 is 0 Å². The van der Waals surface area contributed by atoms with Crippen molar-refractivity contribution in [1.29, 1.82) is 0 Å². The van der Waals surface area contributed by atoms with E-state index in [4.69, 9.17) is 9.47 Å². The molecule has 0 saturated heterocycles. The van der Waals surface area contributed by atoms with Crippen LogP contribution in [0.15, 0.2) is 42.5 Å². The van der Waals surface area contributed by atoms with Crippen LogP contribution in [0.5, 0.6) is 11.5 Å². The molecule has 6 nitrogen and oxygen atoms in total. The van der Waals surface area contributed by atoms with Crippen molar-refractivity contribution in [1.82, 2.24) is 15.1 Å². The highest BCUT2D eigenvalue weighted by Gasteiger charge is 2.14. The zero-order chi connectivity index (χ0) is 19.2. The molecule has 3 rings (SSSR count). The Morgan fingerprint density at radius 1 is 0.889 bits per heavy atom. The van der Waals surface area contributed by atoms with Crippen molar-refractivity contribution in [3.63, 3.8) is 0 Å². The maximum Gasteiger partial charge on any atom is 0.317 e. The molecule has 144 valence electrons. The van der Waals surface area contributed by atoms with Crippen molar-refractivity contribution in [3.8, 4) is 11.5 Å². The summed E-state index contributed by atoms with van der Waals surface area (Å²) in [5, 5.41) is 2.96. The molecule has 6 heteroatoms. The molecule has 2 amide bonds. The Bertz CT molecular complexity index is 775. The molecule has 1 N–H and O–H groups in total. The molecule has 2 aromatic carbocycles. The monoisotopic (exact) mass is 369 g/mol. The molecule has 0 atom stereocenters. The standard InChI is InChI=1S/C21H27N3O3/c1-23(2)14-17-6-4-16(5-7-17)13-22-21(25)24(3)15-18-8-9-19-20(12-18)27-11-10-26-19/h4-9,12H,10-11,13-15H2,1-3H3,(H,22,25). The summed E-state index contributed by atoms with van der Waals surface area (Å²) in [4.78, 5) is 16.2. The smallest absolute Gasteiger partial charge is 0.317 e. The van der Waals surface area contributed by atoms with Crippen molar-refractivity contribution >= 4 is 6.03 Å². The fraction of sp³-hybridized carbons (Fsp3) is 0.381. The molecule has 0 saturated carbocycles. The second-order valence-corrected chi connectivity index (χ2v) is 7.05. The van der Waals surface area contributed by atoms with E-state index in [1.165, 1.54) is 5.56 Å². The van der Waals surface area contributed by atoms with Gasteiger partial charge in [-0.3, -0.25) is 0 Å². The minimum absolute atomic E-state index is 0.109. The van der Waals surface area contributed by atoms with Crippen LogP contribution in [0.4, 0.5) is 4.79 Å². The second-order valence-electron chi connectivity index (χ2n) is 7.05. The van der Waals surface area contributed by atoms with Crippen LogP contribution in [0.3, 0.4) is 0 Å². The third-order valence-corrected chi connectivity index (χ3v) is 4.34. The summed E-state index contributed by atoms with van der Waals surface area (Å²) in [6, 6.07) is 14.0. The van der Waals surface area contributed by atoms with Gasteiger partial charge < -0.3 is 24.6 Å². The highest BCUT2D eigenvalue weighted by atomic mass is 16.6. The van der Waals surface area contributed by atoms with Gasteiger partial charge in [-0.05, 0) is 42.9 Å². The number of hydrogen-bond acceptors (Lipinski definition) is 4.